The fourth-order valence-electron chi connectivity index (χ4n) is 2.98. The molecule has 0 radical (unpaired) electrons. The number of phenolic OH excluding ortho intramolecular Hbond substituents is 1. The van der Waals surface area contributed by atoms with E-state index in [4.69, 9.17) is 9.47 Å². The summed E-state index contributed by atoms with van der Waals surface area (Å²) in [7, 11) is 1.43. The van der Waals surface area contributed by atoms with E-state index in [2.05, 4.69) is 10.6 Å². The average molecular weight is 448 g/mol. The smallest absolute Gasteiger partial charge is 0.342 e. The van der Waals surface area contributed by atoms with Crippen molar-refractivity contribution >= 4 is 23.5 Å². The van der Waals surface area contributed by atoms with Gasteiger partial charge in [0.15, 0.2) is 6.61 Å². The van der Waals surface area contributed by atoms with Gasteiger partial charge in [0.1, 0.15) is 17.1 Å². The zero-order valence-corrected chi connectivity index (χ0v) is 18.3. The van der Waals surface area contributed by atoms with Crippen LogP contribution in [0.15, 0.2) is 66.7 Å². The second kappa shape index (κ2) is 10.8. The number of aromatic hydroxyl groups is 1. The number of methoxy groups -OCH3 is 1. The van der Waals surface area contributed by atoms with Crippen LogP contribution in [0.3, 0.4) is 0 Å². The van der Waals surface area contributed by atoms with Crippen molar-refractivity contribution in [2.75, 3.05) is 19.0 Å². The van der Waals surface area contributed by atoms with Gasteiger partial charge >= 0.3 is 5.97 Å². The van der Waals surface area contributed by atoms with Gasteiger partial charge in [-0.3, -0.25) is 9.59 Å². The molecule has 0 saturated carbocycles. The van der Waals surface area contributed by atoms with Crippen molar-refractivity contribution in [3.63, 3.8) is 0 Å². The predicted molar refractivity (Wildman–Crippen MR) is 122 cm³/mol. The molecule has 0 heterocycles. The number of nitrogens with one attached hydrogen (secondary N) is 2. The molecule has 0 unspecified atom stereocenters. The van der Waals surface area contributed by atoms with Gasteiger partial charge in [0.25, 0.3) is 11.8 Å². The van der Waals surface area contributed by atoms with E-state index < -0.39 is 18.5 Å². The standard InChI is InChI=1S/C25H24N2O6/c1-16-7-9-17(10-8-16)14-26-24(30)19-5-3-4-6-21(19)27-23(29)15-33-25(31)20-12-11-18(32-2)13-22(20)28/h3-13,28H,14-15H2,1-2H3,(H,26,30)(H,27,29). The molecule has 0 aliphatic carbocycles. The first-order valence-corrected chi connectivity index (χ1v) is 10.1. The van der Waals surface area contributed by atoms with Crippen LogP contribution in [-0.4, -0.2) is 36.6 Å². The molecule has 8 nitrogen and oxygen atoms in total. The Bertz CT molecular complexity index is 1160. The molecular formula is C25H24N2O6. The van der Waals surface area contributed by atoms with E-state index in [1.807, 2.05) is 31.2 Å². The lowest BCUT2D eigenvalue weighted by atomic mass is 10.1. The van der Waals surface area contributed by atoms with Gasteiger partial charge in [0.2, 0.25) is 0 Å². The molecule has 0 spiro atoms. The summed E-state index contributed by atoms with van der Waals surface area (Å²) in [5.41, 5.74) is 2.54. The summed E-state index contributed by atoms with van der Waals surface area (Å²) >= 11 is 0. The van der Waals surface area contributed by atoms with E-state index in [1.54, 1.807) is 24.3 Å². The Morgan fingerprint density at radius 3 is 2.36 bits per heavy atom. The lowest BCUT2D eigenvalue weighted by molar-refractivity contribution is -0.119. The number of aryl methyl sites for hydroxylation is 1. The Balaban J connectivity index is 1.58. The average Bonchev–Trinajstić information content (AvgIpc) is 2.82. The maximum Gasteiger partial charge on any atom is 0.342 e. The molecule has 3 N–H and O–H groups in total. The van der Waals surface area contributed by atoms with Crippen LogP contribution < -0.4 is 15.4 Å². The minimum absolute atomic E-state index is 0.0977. The summed E-state index contributed by atoms with van der Waals surface area (Å²) in [6.45, 7) is 1.73. The first-order chi connectivity index (χ1) is 15.9. The number of hydrogen-bond donors (Lipinski definition) is 3. The van der Waals surface area contributed by atoms with Crippen molar-refractivity contribution in [1.82, 2.24) is 5.32 Å². The molecule has 3 aromatic carbocycles. The van der Waals surface area contributed by atoms with Crippen LogP contribution in [0.2, 0.25) is 0 Å². The molecule has 0 atom stereocenters. The normalized spacial score (nSPS) is 10.2. The maximum atomic E-state index is 12.6. The zero-order valence-electron chi connectivity index (χ0n) is 18.3. The van der Waals surface area contributed by atoms with E-state index in [1.165, 1.54) is 25.3 Å². The van der Waals surface area contributed by atoms with Crippen LogP contribution in [0.1, 0.15) is 31.8 Å². The predicted octanol–water partition coefficient (Wildman–Crippen LogP) is 3.43. The molecule has 0 fully saturated rings. The topological polar surface area (TPSA) is 114 Å². The highest BCUT2D eigenvalue weighted by Gasteiger charge is 2.17. The van der Waals surface area contributed by atoms with Crippen molar-refractivity contribution < 1.29 is 29.0 Å². The molecule has 170 valence electrons. The van der Waals surface area contributed by atoms with Crippen molar-refractivity contribution in [2.45, 2.75) is 13.5 Å². The van der Waals surface area contributed by atoms with Crippen molar-refractivity contribution in [1.29, 1.82) is 0 Å². The van der Waals surface area contributed by atoms with E-state index in [0.717, 1.165) is 11.1 Å². The van der Waals surface area contributed by atoms with Gasteiger partial charge in [-0.2, -0.15) is 0 Å². The minimum atomic E-state index is -0.866. The van der Waals surface area contributed by atoms with Gasteiger partial charge in [-0.05, 0) is 36.8 Å². The summed E-state index contributed by atoms with van der Waals surface area (Å²) < 4.78 is 9.94. The number of rotatable bonds is 8. The van der Waals surface area contributed by atoms with Crippen LogP contribution in [0.4, 0.5) is 5.69 Å². The third-order valence-corrected chi connectivity index (χ3v) is 4.78. The van der Waals surface area contributed by atoms with E-state index in [9.17, 15) is 19.5 Å². The number of phenols is 1. The van der Waals surface area contributed by atoms with Crippen LogP contribution in [0.25, 0.3) is 0 Å². The molecule has 0 bridgehead atoms. The summed E-state index contributed by atoms with van der Waals surface area (Å²) in [4.78, 5) is 37.1. The van der Waals surface area contributed by atoms with Gasteiger partial charge in [0, 0.05) is 12.6 Å². The van der Waals surface area contributed by atoms with Gasteiger partial charge in [-0.1, -0.05) is 42.0 Å². The molecule has 3 aromatic rings. The highest BCUT2D eigenvalue weighted by molar-refractivity contribution is 6.04. The fraction of sp³-hybridized carbons (Fsp3) is 0.160. The summed E-state index contributed by atoms with van der Waals surface area (Å²) in [6, 6.07) is 18.4. The Kier molecular flexibility index (Phi) is 7.64. The van der Waals surface area contributed by atoms with Crippen LogP contribution in [0.5, 0.6) is 11.5 Å². The highest BCUT2D eigenvalue weighted by atomic mass is 16.5. The first-order valence-electron chi connectivity index (χ1n) is 10.1. The van der Waals surface area contributed by atoms with Gasteiger partial charge in [0.05, 0.1) is 18.4 Å². The summed E-state index contributed by atoms with van der Waals surface area (Å²) in [6.07, 6.45) is 0. The third-order valence-electron chi connectivity index (χ3n) is 4.78. The Labute approximate surface area is 191 Å². The lowest BCUT2D eigenvalue weighted by Gasteiger charge is -2.12. The van der Waals surface area contributed by atoms with Crippen LogP contribution >= 0.6 is 0 Å². The third kappa shape index (κ3) is 6.33. The molecule has 0 aliphatic rings. The highest BCUT2D eigenvalue weighted by Crippen LogP contribution is 2.24. The largest absolute Gasteiger partial charge is 0.507 e. The number of para-hydroxylation sites is 1. The molecule has 33 heavy (non-hydrogen) atoms. The van der Waals surface area contributed by atoms with Crippen molar-refractivity contribution in [3.05, 3.63) is 89.0 Å². The second-order valence-electron chi connectivity index (χ2n) is 7.22. The van der Waals surface area contributed by atoms with E-state index in [-0.39, 0.29) is 28.5 Å². The Morgan fingerprint density at radius 2 is 1.67 bits per heavy atom. The Morgan fingerprint density at radius 1 is 0.939 bits per heavy atom. The molecule has 0 aromatic heterocycles. The van der Waals surface area contributed by atoms with E-state index in [0.29, 0.717) is 12.3 Å². The van der Waals surface area contributed by atoms with Gasteiger partial charge in [-0.25, -0.2) is 4.79 Å². The number of carbonyl (C=O) groups is 3. The maximum absolute atomic E-state index is 12.6. The molecule has 3 rings (SSSR count). The number of anilines is 1. The van der Waals surface area contributed by atoms with Crippen molar-refractivity contribution in [3.8, 4) is 11.5 Å². The number of esters is 1. The number of ether oxygens (including phenoxy) is 2. The summed E-state index contributed by atoms with van der Waals surface area (Å²) in [5.74, 6) is -1.80. The monoisotopic (exact) mass is 448 g/mol. The number of amides is 2. The minimum Gasteiger partial charge on any atom is -0.507 e. The zero-order chi connectivity index (χ0) is 23.8. The SMILES string of the molecule is COc1ccc(C(=O)OCC(=O)Nc2ccccc2C(=O)NCc2ccc(C)cc2)c(O)c1. The Hall–Kier alpha value is -4.33. The molecule has 2 amide bonds. The van der Waals surface area contributed by atoms with Crippen LogP contribution in [0, 0.1) is 6.92 Å². The number of benzene rings is 3. The van der Waals surface area contributed by atoms with E-state index >= 15 is 0 Å². The first kappa shape index (κ1) is 23.3. The van der Waals surface area contributed by atoms with Crippen LogP contribution in [-0.2, 0) is 16.1 Å². The lowest BCUT2D eigenvalue weighted by Crippen LogP contribution is -2.26. The molecule has 8 heteroatoms. The quantitative estimate of drug-likeness (QED) is 0.455. The summed E-state index contributed by atoms with van der Waals surface area (Å²) in [5, 5.41) is 15.3. The number of hydrogen-bond acceptors (Lipinski definition) is 6. The fourth-order valence-corrected chi connectivity index (χ4v) is 2.98. The number of carbonyl (C=O) groups excluding carboxylic acids is 3. The molecular weight excluding hydrogens is 424 g/mol. The second-order valence-corrected chi connectivity index (χ2v) is 7.22. The van der Waals surface area contributed by atoms with Gasteiger partial charge in [-0.15, -0.1) is 0 Å². The molecule has 0 saturated heterocycles. The van der Waals surface area contributed by atoms with Gasteiger partial charge < -0.3 is 25.2 Å². The van der Waals surface area contributed by atoms with Crippen molar-refractivity contribution in [2.24, 2.45) is 0 Å². The molecule has 0 aliphatic heterocycles.